The van der Waals surface area contributed by atoms with Crippen LogP contribution in [0.2, 0.25) is 0 Å². The van der Waals surface area contributed by atoms with Crippen molar-refractivity contribution in [2.24, 2.45) is 0 Å². The molecule has 39 heavy (non-hydrogen) atoms. The molecule has 4 N–H and O–H groups in total. The summed E-state index contributed by atoms with van der Waals surface area (Å²) in [6.07, 6.45) is -3.46. The first-order chi connectivity index (χ1) is 18.5. The van der Waals surface area contributed by atoms with Gasteiger partial charge in [0.05, 0.1) is 23.7 Å². The van der Waals surface area contributed by atoms with E-state index in [9.17, 15) is 22.8 Å². The highest BCUT2D eigenvalue weighted by molar-refractivity contribution is 6.02. The van der Waals surface area contributed by atoms with Crippen molar-refractivity contribution >= 4 is 17.8 Å². The number of carbonyl (C=O) groups is 3. The van der Waals surface area contributed by atoms with Crippen LogP contribution < -0.4 is 20.7 Å². The lowest BCUT2D eigenvalue weighted by molar-refractivity contribution is -0.192. The highest BCUT2D eigenvalue weighted by Gasteiger charge is 2.43. The standard InChI is InChI=1S/C25H31N3O4.C2HF3O2/c1-3-25(18-7-5-4-6-8-18)16-32-22-20(24(30)26-2)13-17(14-21(22)25)23(29)28-10-9-19-15-27-11-12-31-19;3-2(4,5)1(6)7/h4-8,13-14,19,27H,3,9-12,15-16H2,1-2H3,(H,26,30)(H,28,29);(H,6,7)/t19-,25?;/m1./s1. The number of carbonyl (C=O) groups excluding carboxylic acids is 2. The van der Waals surface area contributed by atoms with Crippen LogP contribution in [0.15, 0.2) is 42.5 Å². The fourth-order valence-electron chi connectivity index (χ4n) is 4.59. The van der Waals surface area contributed by atoms with Gasteiger partial charge in [0.1, 0.15) is 12.4 Å². The van der Waals surface area contributed by atoms with Crippen LogP contribution in [0.1, 0.15) is 51.6 Å². The Kier molecular flexibility index (Phi) is 9.92. The van der Waals surface area contributed by atoms with E-state index in [0.717, 1.165) is 37.1 Å². The average molecular weight is 552 g/mol. The number of carboxylic acids is 1. The molecule has 0 aliphatic carbocycles. The number of morpholine rings is 1. The van der Waals surface area contributed by atoms with E-state index in [4.69, 9.17) is 19.4 Å². The number of benzene rings is 2. The third-order valence-electron chi connectivity index (χ3n) is 6.73. The molecule has 2 aromatic rings. The second kappa shape index (κ2) is 12.9. The highest BCUT2D eigenvalue weighted by atomic mass is 19.4. The Hall–Kier alpha value is -3.64. The fraction of sp³-hybridized carbons (Fsp3) is 0.444. The van der Waals surface area contributed by atoms with Crippen molar-refractivity contribution in [2.75, 3.05) is 39.9 Å². The number of amides is 2. The Bertz CT molecular complexity index is 1170. The number of hydrogen-bond donors (Lipinski definition) is 4. The van der Waals surface area contributed by atoms with Crippen molar-refractivity contribution in [1.29, 1.82) is 0 Å². The quantitative estimate of drug-likeness (QED) is 0.417. The predicted molar refractivity (Wildman–Crippen MR) is 136 cm³/mol. The third kappa shape index (κ3) is 7.07. The lowest BCUT2D eigenvalue weighted by atomic mass is 9.73. The molecule has 1 unspecified atom stereocenters. The van der Waals surface area contributed by atoms with Gasteiger partial charge in [-0.25, -0.2) is 4.79 Å². The fourth-order valence-corrected chi connectivity index (χ4v) is 4.59. The molecule has 0 radical (unpaired) electrons. The molecule has 1 fully saturated rings. The largest absolute Gasteiger partial charge is 0.491 e. The molecule has 4 rings (SSSR count). The van der Waals surface area contributed by atoms with E-state index in [0.29, 0.717) is 36.6 Å². The summed E-state index contributed by atoms with van der Waals surface area (Å²) in [4.78, 5) is 34.6. The average Bonchev–Trinajstić information content (AvgIpc) is 3.32. The maximum absolute atomic E-state index is 13.0. The Balaban J connectivity index is 0.000000532. The van der Waals surface area contributed by atoms with Gasteiger partial charge in [0, 0.05) is 37.8 Å². The smallest absolute Gasteiger partial charge is 0.490 e. The maximum atomic E-state index is 13.0. The number of fused-ring (bicyclic) bond motifs is 1. The minimum Gasteiger partial charge on any atom is -0.491 e. The number of halogens is 3. The Morgan fingerprint density at radius 1 is 1.15 bits per heavy atom. The van der Waals surface area contributed by atoms with Gasteiger partial charge < -0.3 is 30.5 Å². The van der Waals surface area contributed by atoms with Gasteiger partial charge in [-0.05, 0) is 30.5 Å². The van der Waals surface area contributed by atoms with Crippen molar-refractivity contribution in [3.05, 3.63) is 64.7 Å². The van der Waals surface area contributed by atoms with Gasteiger partial charge in [-0.15, -0.1) is 0 Å². The molecule has 212 valence electrons. The van der Waals surface area contributed by atoms with Crippen molar-refractivity contribution in [3.63, 3.8) is 0 Å². The second-order valence-corrected chi connectivity index (χ2v) is 9.11. The molecule has 0 saturated carbocycles. The van der Waals surface area contributed by atoms with Crippen LogP contribution in [-0.4, -0.2) is 75.1 Å². The number of alkyl halides is 3. The van der Waals surface area contributed by atoms with Crippen molar-refractivity contribution < 1.29 is 42.1 Å². The summed E-state index contributed by atoms with van der Waals surface area (Å²) >= 11 is 0. The summed E-state index contributed by atoms with van der Waals surface area (Å²) in [5, 5.41) is 16.1. The van der Waals surface area contributed by atoms with Crippen LogP contribution in [0.4, 0.5) is 13.2 Å². The molecule has 9 nitrogen and oxygen atoms in total. The van der Waals surface area contributed by atoms with Gasteiger partial charge in [0.15, 0.2) is 0 Å². The highest BCUT2D eigenvalue weighted by Crippen LogP contribution is 2.47. The Labute approximate surface area is 224 Å². The minimum absolute atomic E-state index is 0.102. The topological polar surface area (TPSA) is 126 Å². The molecular weight excluding hydrogens is 519 g/mol. The monoisotopic (exact) mass is 551 g/mol. The molecule has 2 amide bonds. The van der Waals surface area contributed by atoms with Crippen molar-refractivity contribution in [1.82, 2.24) is 16.0 Å². The van der Waals surface area contributed by atoms with Crippen molar-refractivity contribution in [3.8, 4) is 5.75 Å². The summed E-state index contributed by atoms with van der Waals surface area (Å²) in [6.45, 7) is 5.40. The summed E-state index contributed by atoms with van der Waals surface area (Å²) in [6, 6.07) is 13.7. The SMILES string of the molecule is CCC1(c2ccccc2)COc2c(C(=O)NC)cc(C(=O)NCC[C@@H]3CNCCO3)cc21.O=C(O)C(F)(F)F. The molecule has 0 aromatic heterocycles. The predicted octanol–water partition coefficient (Wildman–Crippen LogP) is 2.88. The van der Waals surface area contributed by atoms with E-state index in [1.165, 1.54) is 0 Å². The van der Waals surface area contributed by atoms with E-state index < -0.39 is 17.6 Å². The van der Waals surface area contributed by atoms with E-state index in [1.807, 2.05) is 24.3 Å². The van der Waals surface area contributed by atoms with Crippen LogP contribution in [0.3, 0.4) is 0 Å². The molecular formula is C27H32F3N3O6. The molecule has 1 saturated heterocycles. The number of nitrogens with one attached hydrogen (secondary N) is 3. The maximum Gasteiger partial charge on any atom is 0.490 e. The minimum atomic E-state index is -5.08. The van der Waals surface area contributed by atoms with Gasteiger partial charge in [-0.1, -0.05) is 37.3 Å². The summed E-state index contributed by atoms with van der Waals surface area (Å²) in [5.41, 5.74) is 2.45. The van der Waals surface area contributed by atoms with Crippen LogP contribution in [0, 0.1) is 0 Å². The van der Waals surface area contributed by atoms with Gasteiger partial charge in [0.2, 0.25) is 0 Å². The number of rotatable bonds is 7. The molecule has 2 aliphatic heterocycles. The third-order valence-corrected chi connectivity index (χ3v) is 6.73. The Morgan fingerprint density at radius 3 is 2.41 bits per heavy atom. The molecule has 2 aliphatic rings. The zero-order chi connectivity index (χ0) is 28.6. The number of aliphatic carboxylic acids is 1. The first-order valence-electron chi connectivity index (χ1n) is 12.5. The lowest BCUT2D eigenvalue weighted by Crippen LogP contribution is -2.40. The van der Waals surface area contributed by atoms with E-state index in [1.54, 1.807) is 13.1 Å². The molecule has 12 heteroatoms. The first-order valence-corrected chi connectivity index (χ1v) is 12.5. The number of carboxylic acid groups (broad SMARTS) is 1. The van der Waals surface area contributed by atoms with Gasteiger partial charge >= 0.3 is 12.1 Å². The normalized spacial score (nSPS) is 20.1. The van der Waals surface area contributed by atoms with Crippen LogP contribution in [0.5, 0.6) is 5.75 Å². The lowest BCUT2D eigenvalue weighted by Gasteiger charge is -2.27. The molecule has 2 aromatic carbocycles. The zero-order valence-corrected chi connectivity index (χ0v) is 21.7. The van der Waals surface area contributed by atoms with E-state index >= 15 is 0 Å². The zero-order valence-electron chi connectivity index (χ0n) is 21.7. The van der Waals surface area contributed by atoms with Crippen LogP contribution in [0.25, 0.3) is 0 Å². The summed E-state index contributed by atoms with van der Waals surface area (Å²) in [7, 11) is 1.58. The van der Waals surface area contributed by atoms with Crippen LogP contribution in [-0.2, 0) is 14.9 Å². The second-order valence-electron chi connectivity index (χ2n) is 9.11. The first kappa shape index (κ1) is 29.9. The van der Waals surface area contributed by atoms with Crippen LogP contribution >= 0.6 is 0 Å². The number of hydrogen-bond acceptors (Lipinski definition) is 6. The Morgan fingerprint density at radius 2 is 1.85 bits per heavy atom. The summed E-state index contributed by atoms with van der Waals surface area (Å²) < 4.78 is 43.5. The summed E-state index contributed by atoms with van der Waals surface area (Å²) in [5.74, 6) is -2.66. The molecule has 2 atom stereocenters. The molecule has 0 spiro atoms. The van der Waals surface area contributed by atoms with Gasteiger partial charge in [-0.3, -0.25) is 9.59 Å². The van der Waals surface area contributed by atoms with E-state index in [2.05, 4.69) is 35.0 Å². The number of ether oxygens (including phenoxy) is 2. The van der Waals surface area contributed by atoms with Gasteiger partial charge in [0.25, 0.3) is 11.8 Å². The van der Waals surface area contributed by atoms with Crippen molar-refractivity contribution in [2.45, 2.75) is 37.5 Å². The molecule has 2 heterocycles. The van der Waals surface area contributed by atoms with Gasteiger partial charge in [-0.2, -0.15) is 13.2 Å². The molecule has 0 bridgehead atoms. The van der Waals surface area contributed by atoms with E-state index in [-0.39, 0.29) is 17.9 Å².